The number of fused-ring (bicyclic) bond motifs is 1. The number of aromatic nitrogens is 3. The third-order valence-electron chi connectivity index (χ3n) is 5.57. The minimum atomic E-state index is -0.308. The van der Waals surface area contributed by atoms with Gasteiger partial charge in [0.2, 0.25) is 0 Å². The van der Waals surface area contributed by atoms with Crippen molar-refractivity contribution in [2.75, 3.05) is 19.7 Å². The quantitative estimate of drug-likeness (QED) is 0.910. The second-order valence-electron chi connectivity index (χ2n) is 7.29. The summed E-state index contributed by atoms with van der Waals surface area (Å²) in [4.78, 5) is 7.09. The SMILES string of the molecule is Cc1cc(C)n2ncc(CN3CCC4(CC3)OCCC[C@H]4O)c2n1. The van der Waals surface area contributed by atoms with E-state index in [2.05, 4.69) is 28.0 Å². The van der Waals surface area contributed by atoms with Crippen molar-refractivity contribution in [3.05, 3.63) is 29.2 Å². The van der Waals surface area contributed by atoms with E-state index in [9.17, 15) is 5.11 Å². The molecule has 2 aromatic heterocycles. The molecule has 24 heavy (non-hydrogen) atoms. The molecule has 0 unspecified atom stereocenters. The van der Waals surface area contributed by atoms with E-state index in [1.165, 1.54) is 5.56 Å². The first kappa shape index (κ1) is 16.0. The number of piperidine rings is 1. The van der Waals surface area contributed by atoms with Gasteiger partial charge in [0.05, 0.1) is 17.9 Å². The van der Waals surface area contributed by atoms with E-state index < -0.39 is 0 Å². The molecule has 4 rings (SSSR count). The number of nitrogens with zero attached hydrogens (tertiary/aromatic N) is 4. The monoisotopic (exact) mass is 330 g/mol. The normalized spacial score (nSPS) is 24.7. The van der Waals surface area contributed by atoms with Crippen LogP contribution in [0.3, 0.4) is 0 Å². The first-order valence-electron chi connectivity index (χ1n) is 8.93. The van der Waals surface area contributed by atoms with Gasteiger partial charge in [-0.2, -0.15) is 5.10 Å². The molecule has 2 fully saturated rings. The Balaban J connectivity index is 1.48. The topological polar surface area (TPSA) is 62.9 Å². The van der Waals surface area contributed by atoms with Gasteiger partial charge in [-0.25, -0.2) is 9.50 Å². The molecule has 2 saturated heterocycles. The maximum atomic E-state index is 10.4. The Bertz CT molecular complexity index is 734. The van der Waals surface area contributed by atoms with E-state index in [-0.39, 0.29) is 11.7 Å². The average Bonchev–Trinajstić information content (AvgIpc) is 2.96. The van der Waals surface area contributed by atoms with Crippen LogP contribution in [0.2, 0.25) is 0 Å². The predicted octanol–water partition coefficient (Wildman–Crippen LogP) is 1.85. The summed E-state index contributed by atoms with van der Waals surface area (Å²) >= 11 is 0. The second-order valence-corrected chi connectivity index (χ2v) is 7.29. The van der Waals surface area contributed by atoms with E-state index in [1.54, 1.807) is 0 Å². The number of aliphatic hydroxyl groups excluding tert-OH is 1. The van der Waals surface area contributed by atoms with E-state index >= 15 is 0 Å². The maximum absolute atomic E-state index is 10.4. The van der Waals surface area contributed by atoms with Gasteiger partial charge >= 0.3 is 0 Å². The standard InChI is InChI=1S/C18H26N4O2/c1-13-10-14(2)22-17(20-13)15(11-19-22)12-21-7-5-18(6-8-21)16(23)4-3-9-24-18/h10-11,16,23H,3-9,12H2,1-2H3/t16-/m1/s1. The number of ether oxygens (including phenoxy) is 1. The van der Waals surface area contributed by atoms with Gasteiger partial charge in [-0.1, -0.05) is 0 Å². The lowest BCUT2D eigenvalue weighted by Gasteiger charge is -2.46. The Kier molecular flexibility index (Phi) is 4.06. The summed E-state index contributed by atoms with van der Waals surface area (Å²) < 4.78 is 7.92. The van der Waals surface area contributed by atoms with Gasteiger partial charge in [-0.15, -0.1) is 0 Å². The summed E-state index contributed by atoms with van der Waals surface area (Å²) in [6.45, 7) is 7.61. The van der Waals surface area contributed by atoms with Crippen molar-refractivity contribution in [3.8, 4) is 0 Å². The second kappa shape index (κ2) is 6.10. The number of aliphatic hydroxyl groups is 1. The summed E-state index contributed by atoms with van der Waals surface area (Å²) in [6, 6.07) is 2.05. The van der Waals surface area contributed by atoms with Crippen LogP contribution in [0.25, 0.3) is 5.65 Å². The van der Waals surface area contributed by atoms with E-state index in [0.717, 1.165) is 69.0 Å². The molecule has 0 radical (unpaired) electrons. The van der Waals surface area contributed by atoms with Crippen molar-refractivity contribution in [2.24, 2.45) is 0 Å². The zero-order valence-corrected chi connectivity index (χ0v) is 14.5. The summed E-state index contributed by atoms with van der Waals surface area (Å²) in [7, 11) is 0. The van der Waals surface area contributed by atoms with Gasteiger partial charge in [-0.05, 0) is 45.6 Å². The third-order valence-corrected chi connectivity index (χ3v) is 5.57. The van der Waals surface area contributed by atoms with Gasteiger partial charge in [0.1, 0.15) is 0 Å². The molecule has 0 amide bonds. The molecule has 6 heteroatoms. The molecule has 4 heterocycles. The van der Waals surface area contributed by atoms with Gasteiger partial charge in [-0.3, -0.25) is 4.90 Å². The van der Waals surface area contributed by atoms with E-state index in [4.69, 9.17) is 4.74 Å². The molecule has 2 aliphatic rings. The summed E-state index contributed by atoms with van der Waals surface area (Å²) in [5, 5.41) is 14.8. The zero-order valence-electron chi connectivity index (χ0n) is 14.5. The molecule has 6 nitrogen and oxygen atoms in total. The number of likely N-dealkylation sites (tertiary alicyclic amines) is 1. The smallest absolute Gasteiger partial charge is 0.159 e. The molecule has 1 N–H and O–H groups in total. The molecule has 130 valence electrons. The minimum absolute atomic E-state index is 0.304. The molecular formula is C18H26N4O2. The van der Waals surface area contributed by atoms with Crippen LogP contribution in [0.1, 0.15) is 42.6 Å². The molecule has 1 spiro atoms. The van der Waals surface area contributed by atoms with Crippen molar-refractivity contribution >= 4 is 5.65 Å². The minimum Gasteiger partial charge on any atom is -0.390 e. The highest BCUT2D eigenvalue weighted by molar-refractivity contribution is 5.47. The van der Waals surface area contributed by atoms with Crippen LogP contribution < -0.4 is 0 Å². The first-order chi connectivity index (χ1) is 11.6. The fourth-order valence-electron chi connectivity index (χ4n) is 4.15. The fourth-order valence-corrected chi connectivity index (χ4v) is 4.15. The molecule has 0 aliphatic carbocycles. The van der Waals surface area contributed by atoms with E-state index in [1.807, 2.05) is 17.6 Å². The van der Waals surface area contributed by atoms with Crippen LogP contribution in [0.5, 0.6) is 0 Å². The van der Waals surface area contributed by atoms with Crippen LogP contribution in [0.15, 0.2) is 12.3 Å². The largest absolute Gasteiger partial charge is 0.390 e. The maximum Gasteiger partial charge on any atom is 0.159 e. The number of hydrogen-bond acceptors (Lipinski definition) is 5. The highest BCUT2D eigenvalue weighted by atomic mass is 16.5. The van der Waals surface area contributed by atoms with Crippen molar-refractivity contribution < 1.29 is 9.84 Å². The van der Waals surface area contributed by atoms with Gasteiger partial charge in [0, 0.05) is 43.2 Å². The van der Waals surface area contributed by atoms with Crippen LogP contribution >= 0.6 is 0 Å². The lowest BCUT2D eigenvalue weighted by atomic mass is 9.82. The van der Waals surface area contributed by atoms with Gasteiger partial charge in [0.15, 0.2) is 5.65 Å². The Morgan fingerprint density at radius 3 is 2.88 bits per heavy atom. The molecule has 0 saturated carbocycles. The Morgan fingerprint density at radius 2 is 2.12 bits per heavy atom. The Labute approximate surface area is 142 Å². The van der Waals surface area contributed by atoms with Crippen molar-refractivity contribution in [1.82, 2.24) is 19.5 Å². The predicted molar refractivity (Wildman–Crippen MR) is 90.9 cm³/mol. The first-order valence-corrected chi connectivity index (χ1v) is 8.93. The lowest BCUT2D eigenvalue weighted by molar-refractivity contribution is -0.177. The summed E-state index contributed by atoms with van der Waals surface area (Å²) in [6.07, 6.45) is 5.27. The molecule has 0 bridgehead atoms. The lowest BCUT2D eigenvalue weighted by Crippen LogP contribution is -2.55. The van der Waals surface area contributed by atoms with E-state index in [0.29, 0.717) is 0 Å². The summed E-state index contributed by atoms with van der Waals surface area (Å²) in [5.41, 5.74) is 3.96. The van der Waals surface area contributed by atoms with Gasteiger partial charge < -0.3 is 9.84 Å². The van der Waals surface area contributed by atoms with Crippen LogP contribution in [-0.2, 0) is 11.3 Å². The fraction of sp³-hybridized carbons (Fsp3) is 0.667. The van der Waals surface area contributed by atoms with Crippen LogP contribution in [0.4, 0.5) is 0 Å². The zero-order chi connectivity index (χ0) is 16.7. The third kappa shape index (κ3) is 2.72. The number of hydrogen-bond donors (Lipinski definition) is 1. The van der Waals surface area contributed by atoms with Gasteiger partial charge in [0.25, 0.3) is 0 Å². The highest BCUT2D eigenvalue weighted by Gasteiger charge is 2.43. The van der Waals surface area contributed by atoms with Crippen LogP contribution in [-0.4, -0.2) is 56.0 Å². The average molecular weight is 330 g/mol. The Hall–Kier alpha value is -1.50. The van der Waals surface area contributed by atoms with Crippen molar-refractivity contribution in [2.45, 2.75) is 57.8 Å². The molecule has 0 aromatic carbocycles. The Morgan fingerprint density at radius 1 is 1.33 bits per heavy atom. The molecule has 2 aromatic rings. The molecular weight excluding hydrogens is 304 g/mol. The molecule has 1 atom stereocenters. The highest BCUT2D eigenvalue weighted by Crippen LogP contribution is 2.35. The van der Waals surface area contributed by atoms with Crippen molar-refractivity contribution in [1.29, 1.82) is 0 Å². The van der Waals surface area contributed by atoms with Crippen molar-refractivity contribution in [3.63, 3.8) is 0 Å². The summed E-state index contributed by atoms with van der Waals surface area (Å²) in [5.74, 6) is 0. The molecule has 2 aliphatic heterocycles. The number of aryl methyl sites for hydroxylation is 2. The van der Waals surface area contributed by atoms with Crippen LogP contribution in [0, 0.1) is 13.8 Å². The number of rotatable bonds is 2.